The predicted molar refractivity (Wildman–Crippen MR) is 93.5 cm³/mol. The standard InChI is InChI=1S/C15H19N5O4.ClH/c1-12-15(17-24-16-12)23-11-10-18-6-8-19(9-7-18)13-4-2-3-5-14(13)20(21)22;/h2-5H,6-11H2,1H3;1H. The number of nitro benzene ring substituents is 1. The smallest absolute Gasteiger partial charge is 0.292 e. The number of aromatic nitrogens is 2. The zero-order valence-electron chi connectivity index (χ0n) is 13.8. The topological polar surface area (TPSA) is 97.8 Å². The Morgan fingerprint density at radius 3 is 2.60 bits per heavy atom. The first-order valence-corrected chi connectivity index (χ1v) is 7.78. The zero-order chi connectivity index (χ0) is 16.9. The van der Waals surface area contributed by atoms with Gasteiger partial charge in [-0.05, 0) is 18.1 Å². The van der Waals surface area contributed by atoms with Crippen LogP contribution in [0.4, 0.5) is 11.4 Å². The van der Waals surface area contributed by atoms with E-state index in [9.17, 15) is 10.1 Å². The number of ether oxygens (including phenoxy) is 1. The van der Waals surface area contributed by atoms with Crippen molar-refractivity contribution >= 4 is 23.8 Å². The Balaban J connectivity index is 0.00000225. The van der Waals surface area contributed by atoms with Crippen LogP contribution in [0.25, 0.3) is 0 Å². The van der Waals surface area contributed by atoms with Crippen molar-refractivity contribution in [3.8, 4) is 5.88 Å². The first-order chi connectivity index (χ1) is 11.6. The summed E-state index contributed by atoms with van der Waals surface area (Å²) < 4.78 is 10.1. The van der Waals surface area contributed by atoms with Crippen LogP contribution in [-0.4, -0.2) is 59.5 Å². The Morgan fingerprint density at radius 1 is 1.24 bits per heavy atom. The van der Waals surface area contributed by atoms with Crippen LogP contribution in [0.3, 0.4) is 0 Å². The van der Waals surface area contributed by atoms with Gasteiger partial charge in [-0.15, -0.1) is 12.4 Å². The number of piperazine rings is 1. The summed E-state index contributed by atoms with van der Waals surface area (Å²) >= 11 is 0. The number of aryl methyl sites for hydroxylation is 1. The lowest BCUT2D eigenvalue weighted by atomic mass is 10.2. The number of para-hydroxylation sites is 2. The molecule has 136 valence electrons. The number of hydrogen-bond acceptors (Lipinski definition) is 8. The minimum absolute atomic E-state index is 0. The summed E-state index contributed by atoms with van der Waals surface area (Å²) in [6.07, 6.45) is 0. The summed E-state index contributed by atoms with van der Waals surface area (Å²) in [7, 11) is 0. The molecule has 9 nitrogen and oxygen atoms in total. The third kappa shape index (κ3) is 4.58. The molecule has 0 amide bonds. The summed E-state index contributed by atoms with van der Waals surface area (Å²) in [4.78, 5) is 15.1. The Hall–Kier alpha value is -2.39. The van der Waals surface area contributed by atoms with Crippen molar-refractivity contribution in [1.29, 1.82) is 0 Å². The van der Waals surface area contributed by atoms with E-state index in [1.807, 2.05) is 6.07 Å². The van der Waals surface area contributed by atoms with E-state index in [0.717, 1.165) is 32.7 Å². The Bertz CT molecular complexity index is 703. The molecule has 1 aromatic heterocycles. The van der Waals surface area contributed by atoms with E-state index >= 15 is 0 Å². The highest BCUT2D eigenvalue weighted by atomic mass is 35.5. The van der Waals surface area contributed by atoms with Crippen LogP contribution >= 0.6 is 12.4 Å². The van der Waals surface area contributed by atoms with Crippen molar-refractivity contribution in [2.75, 3.05) is 44.2 Å². The van der Waals surface area contributed by atoms with Gasteiger partial charge >= 0.3 is 0 Å². The molecule has 10 heteroatoms. The summed E-state index contributed by atoms with van der Waals surface area (Å²) in [5.41, 5.74) is 1.47. The third-order valence-electron chi connectivity index (χ3n) is 4.05. The predicted octanol–water partition coefficient (Wildman–Crippen LogP) is 1.91. The van der Waals surface area contributed by atoms with Gasteiger partial charge in [-0.3, -0.25) is 15.0 Å². The average Bonchev–Trinajstić information content (AvgIpc) is 3.01. The Morgan fingerprint density at radius 2 is 1.96 bits per heavy atom. The van der Waals surface area contributed by atoms with Crippen LogP contribution in [-0.2, 0) is 0 Å². The first-order valence-electron chi connectivity index (χ1n) is 7.78. The molecule has 1 saturated heterocycles. The molecular weight excluding hydrogens is 350 g/mol. The summed E-state index contributed by atoms with van der Waals surface area (Å²) in [5.74, 6) is 0.425. The maximum absolute atomic E-state index is 11.1. The molecule has 0 atom stereocenters. The van der Waals surface area contributed by atoms with Gasteiger partial charge < -0.3 is 9.64 Å². The molecular formula is C15H20ClN5O4. The van der Waals surface area contributed by atoms with E-state index in [-0.39, 0.29) is 23.0 Å². The van der Waals surface area contributed by atoms with Crippen LogP contribution in [0.2, 0.25) is 0 Å². The maximum atomic E-state index is 11.1. The molecule has 0 spiro atoms. The number of hydrogen-bond donors (Lipinski definition) is 0. The highest BCUT2D eigenvalue weighted by molar-refractivity contribution is 5.85. The van der Waals surface area contributed by atoms with Crippen LogP contribution < -0.4 is 9.64 Å². The fourth-order valence-corrected chi connectivity index (χ4v) is 2.72. The lowest BCUT2D eigenvalue weighted by Crippen LogP contribution is -2.47. The van der Waals surface area contributed by atoms with Gasteiger partial charge in [-0.2, -0.15) is 0 Å². The van der Waals surface area contributed by atoms with Gasteiger partial charge in [0, 0.05) is 38.8 Å². The third-order valence-corrected chi connectivity index (χ3v) is 4.05. The molecule has 2 aromatic rings. The van der Waals surface area contributed by atoms with E-state index in [4.69, 9.17) is 4.74 Å². The van der Waals surface area contributed by atoms with E-state index in [1.165, 1.54) is 0 Å². The second-order valence-corrected chi connectivity index (χ2v) is 5.58. The number of nitrogens with zero attached hydrogens (tertiary/aromatic N) is 5. The average molecular weight is 370 g/mol. The SMILES string of the molecule is Cc1nonc1OCCN1CCN(c2ccccc2[N+](=O)[O-])CC1.Cl. The first kappa shape index (κ1) is 18.9. The van der Waals surface area contributed by atoms with E-state index < -0.39 is 0 Å². The molecule has 1 aromatic carbocycles. The van der Waals surface area contributed by atoms with Crippen molar-refractivity contribution in [2.24, 2.45) is 0 Å². The van der Waals surface area contributed by atoms with Crippen molar-refractivity contribution < 1.29 is 14.3 Å². The van der Waals surface area contributed by atoms with Crippen molar-refractivity contribution in [3.05, 3.63) is 40.1 Å². The molecule has 0 N–H and O–H groups in total. The molecule has 1 fully saturated rings. The second-order valence-electron chi connectivity index (χ2n) is 5.58. The Kier molecular flexibility index (Phi) is 6.54. The second kappa shape index (κ2) is 8.63. The number of halogens is 1. The molecule has 0 saturated carbocycles. The van der Waals surface area contributed by atoms with E-state index in [2.05, 4.69) is 24.7 Å². The van der Waals surface area contributed by atoms with Gasteiger partial charge in [0.2, 0.25) is 0 Å². The quantitative estimate of drug-likeness (QED) is 0.562. The van der Waals surface area contributed by atoms with Gasteiger partial charge in [-0.25, -0.2) is 4.63 Å². The van der Waals surface area contributed by atoms with Crippen molar-refractivity contribution in [2.45, 2.75) is 6.92 Å². The van der Waals surface area contributed by atoms with Gasteiger partial charge in [0.15, 0.2) is 0 Å². The van der Waals surface area contributed by atoms with Gasteiger partial charge in [0.25, 0.3) is 11.6 Å². The number of benzene rings is 1. The van der Waals surface area contributed by atoms with Crippen LogP contribution in [0.1, 0.15) is 5.69 Å². The maximum Gasteiger partial charge on any atom is 0.292 e. The van der Waals surface area contributed by atoms with Gasteiger partial charge in [0.1, 0.15) is 18.0 Å². The van der Waals surface area contributed by atoms with Crippen LogP contribution in [0.5, 0.6) is 5.88 Å². The number of nitro groups is 1. The fourth-order valence-electron chi connectivity index (χ4n) is 2.72. The van der Waals surface area contributed by atoms with Crippen LogP contribution in [0, 0.1) is 17.0 Å². The minimum atomic E-state index is -0.330. The lowest BCUT2D eigenvalue weighted by molar-refractivity contribution is -0.384. The van der Waals surface area contributed by atoms with Crippen molar-refractivity contribution in [3.63, 3.8) is 0 Å². The van der Waals surface area contributed by atoms with E-state index in [1.54, 1.807) is 25.1 Å². The summed E-state index contributed by atoms with van der Waals surface area (Å²) in [5, 5.41) is 18.5. The molecule has 0 aliphatic carbocycles. The molecule has 0 radical (unpaired) electrons. The molecule has 1 aliphatic heterocycles. The normalized spacial score (nSPS) is 14.8. The lowest BCUT2D eigenvalue weighted by Gasteiger charge is -2.35. The number of anilines is 1. The van der Waals surface area contributed by atoms with Crippen molar-refractivity contribution in [1.82, 2.24) is 15.2 Å². The molecule has 1 aliphatic rings. The fraction of sp³-hybridized carbons (Fsp3) is 0.467. The molecule has 0 bridgehead atoms. The van der Waals surface area contributed by atoms with Crippen LogP contribution in [0.15, 0.2) is 28.9 Å². The highest BCUT2D eigenvalue weighted by Gasteiger charge is 2.23. The highest BCUT2D eigenvalue weighted by Crippen LogP contribution is 2.28. The molecule has 3 rings (SSSR count). The molecule has 0 unspecified atom stereocenters. The summed E-state index contributed by atoms with van der Waals surface area (Å²) in [6, 6.07) is 6.87. The minimum Gasteiger partial charge on any atom is -0.473 e. The Labute approximate surface area is 151 Å². The van der Waals surface area contributed by atoms with Gasteiger partial charge in [0.05, 0.1) is 4.92 Å². The molecule has 2 heterocycles. The zero-order valence-corrected chi connectivity index (χ0v) is 14.6. The molecule has 25 heavy (non-hydrogen) atoms. The monoisotopic (exact) mass is 369 g/mol. The summed E-state index contributed by atoms with van der Waals surface area (Å²) in [6.45, 7) is 6.18. The largest absolute Gasteiger partial charge is 0.473 e. The van der Waals surface area contributed by atoms with E-state index in [0.29, 0.717) is 23.9 Å². The number of rotatable bonds is 6. The van der Waals surface area contributed by atoms with Gasteiger partial charge in [-0.1, -0.05) is 17.3 Å².